The maximum absolute atomic E-state index is 15.3. The molecule has 1 saturated heterocycles. The van der Waals surface area contributed by atoms with Crippen molar-refractivity contribution in [1.82, 2.24) is 0 Å². The number of fused-ring (bicyclic) bond motifs is 10. The van der Waals surface area contributed by atoms with Gasteiger partial charge in [0.15, 0.2) is 0 Å². The van der Waals surface area contributed by atoms with Crippen LogP contribution in [-0.4, -0.2) is 40.2 Å². The molecule has 0 aromatic heterocycles. The number of allylic oxidation sites excluding steroid dienone is 2. The molecule has 28 heavy (non-hydrogen) atoms. The first-order valence-corrected chi connectivity index (χ1v) is 9.54. The molecule has 4 fully saturated rings. The van der Waals surface area contributed by atoms with Crippen molar-refractivity contribution in [3.63, 3.8) is 0 Å². The highest BCUT2D eigenvalue weighted by Crippen LogP contribution is 2.76. The van der Waals surface area contributed by atoms with E-state index in [4.69, 9.17) is 9.47 Å². The summed E-state index contributed by atoms with van der Waals surface area (Å²) >= 11 is 0. The first-order valence-electron chi connectivity index (χ1n) is 9.54. The normalized spacial score (nSPS) is 55.3. The molecule has 1 heterocycles. The third-order valence-electron chi connectivity index (χ3n) is 8.21. The molecule has 9 heteroatoms. The van der Waals surface area contributed by atoms with Gasteiger partial charge in [0.2, 0.25) is 5.60 Å². The summed E-state index contributed by atoms with van der Waals surface area (Å²) < 4.78 is 81.3. The predicted octanol–water partition coefficient (Wildman–Crippen LogP) is 3.44. The van der Waals surface area contributed by atoms with Crippen molar-refractivity contribution in [2.75, 3.05) is 0 Å². The SMILES string of the molecule is CC(=O)OC1(C)C2(CC3CC2C2C4C=CC(C4)C32)OC(O)(C(F)(F)F)C1(F)F. The molecule has 9 unspecified atom stereocenters. The Bertz CT molecular complexity index is 781. The van der Waals surface area contributed by atoms with Gasteiger partial charge in [-0.1, -0.05) is 12.2 Å². The predicted molar refractivity (Wildman–Crippen MR) is 83.9 cm³/mol. The molecule has 1 N–H and O–H groups in total. The average molecular weight is 408 g/mol. The maximum atomic E-state index is 15.3. The van der Waals surface area contributed by atoms with Gasteiger partial charge in [-0.2, -0.15) is 22.0 Å². The number of carbonyl (C=O) groups is 1. The zero-order valence-electron chi connectivity index (χ0n) is 15.3. The monoisotopic (exact) mass is 408 g/mol. The summed E-state index contributed by atoms with van der Waals surface area (Å²) in [5, 5.41) is 10.1. The van der Waals surface area contributed by atoms with Gasteiger partial charge in [0.25, 0.3) is 0 Å². The van der Waals surface area contributed by atoms with Crippen LogP contribution in [0.3, 0.4) is 0 Å². The van der Waals surface area contributed by atoms with Crippen LogP contribution in [0.1, 0.15) is 33.1 Å². The van der Waals surface area contributed by atoms with E-state index in [-0.39, 0.29) is 30.1 Å². The molecule has 0 aromatic rings. The van der Waals surface area contributed by atoms with Crippen LogP contribution < -0.4 is 0 Å². The Balaban J connectivity index is 1.66. The molecule has 1 spiro atoms. The summed E-state index contributed by atoms with van der Waals surface area (Å²) in [6.07, 6.45) is -0.425. The fourth-order valence-electron chi connectivity index (χ4n) is 7.38. The minimum Gasteiger partial charge on any atom is -0.450 e. The Labute approximate surface area is 158 Å². The van der Waals surface area contributed by atoms with Gasteiger partial charge < -0.3 is 14.6 Å². The number of hydrogen-bond acceptors (Lipinski definition) is 4. The zero-order chi connectivity index (χ0) is 20.5. The largest absolute Gasteiger partial charge is 0.450 e. The van der Waals surface area contributed by atoms with Crippen LogP contribution >= 0.6 is 0 Å². The van der Waals surface area contributed by atoms with Crippen LogP contribution in [0.25, 0.3) is 0 Å². The maximum Gasteiger partial charge on any atom is 0.449 e. The quantitative estimate of drug-likeness (QED) is 0.313. The standard InChI is InChI=1S/C19H21F5O4/c1-8(25)27-15(2)16(28-18(26,17(15,20)21)19(22,23)24)7-11-6-12(16)14-10-4-3-9(5-10)13(11)14/h3-4,9-14,26H,5-7H2,1-2H3. The first-order chi connectivity index (χ1) is 12.8. The van der Waals surface area contributed by atoms with Crippen LogP contribution in [0.5, 0.6) is 0 Å². The lowest BCUT2D eigenvalue weighted by atomic mass is 9.62. The van der Waals surface area contributed by atoms with Gasteiger partial charge in [-0.25, -0.2) is 0 Å². The van der Waals surface area contributed by atoms with Crippen molar-refractivity contribution in [2.24, 2.45) is 35.5 Å². The van der Waals surface area contributed by atoms with E-state index in [0.717, 1.165) is 20.3 Å². The molecule has 156 valence electrons. The van der Waals surface area contributed by atoms with E-state index in [1.54, 1.807) is 0 Å². The summed E-state index contributed by atoms with van der Waals surface area (Å²) in [4.78, 5) is 11.7. The van der Waals surface area contributed by atoms with Gasteiger partial charge in [0, 0.05) is 6.92 Å². The van der Waals surface area contributed by atoms with Crippen LogP contribution in [0.4, 0.5) is 22.0 Å². The Morgan fingerprint density at radius 3 is 2.36 bits per heavy atom. The minimum absolute atomic E-state index is 0.0896. The smallest absolute Gasteiger partial charge is 0.449 e. The highest BCUT2D eigenvalue weighted by Gasteiger charge is 2.92. The van der Waals surface area contributed by atoms with Crippen molar-refractivity contribution >= 4 is 5.97 Å². The third kappa shape index (κ3) is 1.74. The second-order valence-electron chi connectivity index (χ2n) is 9.24. The van der Waals surface area contributed by atoms with Crippen molar-refractivity contribution in [3.05, 3.63) is 12.2 Å². The molecular weight excluding hydrogens is 387 g/mol. The number of hydrogen-bond donors (Lipinski definition) is 1. The topological polar surface area (TPSA) is 55.8 Å². The van der Waals surface area contributed by atoms with Crippen LogP contribution in [0, 0.1) is 35.5 Å². The second-order valence-corrected chi connectivity index (χ2v) is 9.24. The van der Waals surface area contributed by atoms with Crippen LogP contribution in [0.15, 0.2) is 12.2 Å². The van der Waals surface area contributed by atoms with E-state index >= 15 is 8.78 Å². The van der Waals surface area contributed by atoms with E-state index < -0.39 is 41.0 Å². The lowest BCUT2D eigenvalue weighted by Gasteiger charge is -2.49. The Morgan fingerprint density at radius 2 is 1.79 bits per heavy atom. The van der Waals surface area contributed by atoms with Gasteiger partial charge in [-0.3, -0.25) is 4.79 Å². The molecule has 4 bridgehead atoms. The number of carbonyl (C=O) groups excluding carboxylic acids is 1. The molecule has 5 rings (SSSR count). The number of halogens is 5. The zero-order valence-corrected chi connectivity index (χ0v) is 15.3. The summed E-state index contributed by atoms with van der Waals surface area (Å²) in [7, 11) is 0. The van der Waals surface area contributed by atoms with E-state index in [0.29, 0.717) is 12.3 Å². The molecule has 0 amide bonds. The summed E-state index contributed by atoms with van der Waals surface area (Å²) in [5.41, 5.74) is -5.01. The lowest BCUT2D eigenvalue weighted by Crippen LogP contribution is -2.66. The van der Waals surface area contributed by atoms with E-state index in [1.165, 1.54) is 0 Å². The average Bonchev–Trinajstić information content (AvgIpc) is 3.31. The summed E-state index contributed by atoms with van der Waals surface area (Å²) in [6.45, 7) is 1.66. The van der Waals surface area contributed by atoms with Crippen LogP contribution in [-0.2, 0) is 14.3 Å². The molecule has 5 aliphatic rings. The number of esters is 1. The molecule has 4 nitrogen and oxygen atoms in total. The van der Waals surface area contributed by atoms with Crippen molar-refractivity contribution in [3.8, 4) is 0 Å². The van der Waals surface area contributed by atoms with Gasteiger partial charge >= 0.3 is 23.9 Å². The Hall–Kier alpha value is -1.22. The number of ether oxygens (including phenoxy) is 2. The van der Waals surface area contributed by atoms with Gasteiger partial charge in [0.05, 0.1) is 0 Å². The lowest BCUT2D eigenvalue weighted by molar-refractivity contribution is -0.418. The van der Waals surface area contributed by atoms with Gasteiger partial charge in [-0.05, 0) is 61.7 Å². The van der Waals surface area contributed by atoms with Crippen LogP contribution in [0.2, 0.25) is 0 Å². The first kappa shape index (κ1) is 18.8. The molecule has 1 aliphatic heterocycles. The number of rotatable bonds is 1. The van der Waals surface area contributed by atoms with E-state index in [1.807, 2.05) is 6.08 Å². The fraction of sp³-hybridized carbons (Fsp3) is 0.842. The Morgan fingerprint density at radius 1 is 1.18 bits per heavy atom. The molecule has 3 saturated carbocycles. The van der Waals surface area contributed by atoms with Crippen molar-refractivity contribution in [2.45, 2.75) is 62.2 Å². The molecule has 0 radical (unpaired) electrons. The van der Waals surface area contributed by atoms with Crippen molar-refractivity contribution < 1.29 is 41.3 Å². The van der Waals surface area contributed by atoms with E-state index in [9.17, 15) is 23.1 Å². The fourth-order valence-corrected chi connectivity index (χ4v) is 7.38. The summed E-state index contributed by atoms with van der Waals surface area (Å²) in [6, 6.07) is 0. The minimum atomic E-state index is -5.75. The van der Waals surface area contributed by atoms with Crippen molar-refractivity contribution in [1.29, 1.82) is 0 Å². The Kier molecular flexibility index (Phi) is 3.29. The van der Waals surface area contributed by atoms with Gasteiger partial charge in [0.1, 0.15) is 5.60 Å². The highest BCUT2D eigenvalue weighted by atomic mass is 19.4. The molecule has 4 aliphatic carbocycles. The third-order valence-corrected chi connectivity index (χ3v) is 8.21. The number of aliphatic hydroxyl groups is 1. The van der Waals surface area contributed by atoms with E-state index in [2.05, 4.69) is 6.08 Å². The number of alkyl halides is 5. The molecule has 9 atom stereocenters. The highest BCUT2D eigenvalue weighted by molar-refractivity contribution is 5.67. The second kappa shape index (κ2) is 4.91. The molecular formula is C19H21F5O4. The summed E-state index contributed by atoms with van der Waals surface area (Å²) in [5.74, 6) is -10.9. The molecule has 0 aromatic carbocycles. The van der Waals surface area contributed by atoms with Gasteiger partial charge in [-0.15, -0.1) is 0 Å².